The maximum Gasteiger partial charge on any atom is 0.127 e. The number of nitrogens with zero attached hydrogens (tertiary/aromatic N) is 2. The summed E-state index contributed by atoms with van der Waals surface area (Å²) in [7, 11) is 1.96. The van der Waals surface area contributed by atoms with E-state index in [-0.39, 0.29) is 5.75 Å². The zero-order valence-electron chi connectivity index (χ0n) is 11.1. The van der Waals surface area contributed by atoms with Crippen molar-refractivity contribution in [2.24, 2.45) is 0 Å². The van der Waals surface area contributed by atoms with Gasteiger partial charge in [0.25, 0.3) is 0 Å². The van der Waals surface area contributed by atoms with Crippen molar-refractivity contribution in [2.75, 3.05) is 7.05 Å². The molecular formula is C15H19ClN2O. The molecule has 3 nitrogen and oxygen atoms in total. The lowest BCUT2D eigenvalue weighted by molar-refractivity contribution is 0.162. The Morgan fingerprint density at radius 1 is 1.37 bits per heavy atom. The third kappa shape index (κ3) is 3.20. The van der Waals surface area contributed by atoms with Crippen LogP contribution >= 0.6 is 11.6 Å². The van der Waals surface area contributed by atoms with Crippen molar-refractivity contribution in [1.29, 1.82) is 5.26 Å². The molecule has 4 heteroatoms. The van der Waals surface area contributed by atoms with Crippen molar-refractivity contribution in [3.05, 3.63) is 28.8 Å². The molecule has 19 heavy (non-hydrogen) atoms. The molecular weight excluding hydrogens is 260 g/mol. The molecule has 0 heterocycles. The first-order valence-electron chi connectivity index (χ1n) is 6.73. The monoisotopic (exact) mass is 278 g/mol. The van der Waals surface area contributed by atoms with Crippen LogP contribution in [0.25, 0.3) is 0 Å². The normalized spacial score (nSPS) is 18.2. The minimum absolute atomic E-state index is 0.138. The van der Waals surface area contributed by atoms with E-state index in [1.54, 1.807) is 18.2 Å². The molecule has 0 aromatic heterocycles. The molecule has 0 bridgehead atoms. The average Bonchev–Trinajstić information content (AvgIpc) is 2.44. The van der Waals surface area contributed by atoms with Gasteiger partial charge < -0.3 is 5.11 Å². The van der Waals surface area contributed by atoms with E-state index in [1.165, 1.54) is 19.3 Å². The van der Waals surface area contributed by atoms with Crippen molar-refractivity contribution < 1.29 is 5.11 Å². The summed E-state index contributed by atoms with van der Waals surface area (Å²) in [5, 5.41) is 19.9. The Hall–Kier alpha value is -1.24. The second-order valence-electron chi connectivity index (χ2n) is 5.19. The Balaban J connectivity index is 2.23. The summed E-state index contributed by atoms with van der Waals surface area (Å²) in [5.74, 6) is 0.138. The fraction of sp³-hybridized carbons (Fsp3) is 0.533. The minimum Gasteiger partial charge on any atom is -0.508 e. The number of aromatic hydroxyl groups is 1. The van der Waals surface area contributed by atoms with E-state index >= 15 is 0 Å². The van der Waals surface area contributed by atoms with Gasteiger partial charge in [0.05, 0.1) is 6.07 Å². The van der Waals surface area contributed by atoms with E-state index in [4.69, 9.17) is 11.6 Å². The highest BCUT2D eigenvalue weighted by atomic mass is 35.5. The van der Waals surface area contributed by atoms with Gasteiger partial charge in [0.1, 0.15) is 11.8 Å². The average molecular weight is 279 g/mol. The van der Waals surface area contributed by atoms with Crippen LogP contribution in [0.4, 0.5) is 0 Å². The Kier molecular flexibility index (Phi) is 4.68. The van der Waals surface area contributed by atoms with Gasteiger partial charge in [-0.1, -0.05) is 30.9 Å². The minimum atomic E-state index is -0.443. The van der Waals surface area contributed by atoms with Gasteiger partial charge in [-0.25, -0.2) is 0 Å². The van der Waals surface area contributed by atoms with Crippen molar-refractivity contribution in [3.8, 4) is 11.8 Å². The SMILES string of the molecule is CN(C1CCCCC1)C(C#N)c1cc(Cl)ccc1O. The van der Waals surface area contributed by atoms with Crippen LogP contribution < -0.4 is 0 Å². The first kappa shape index (κ1) is 14.2. The van der Waals surface area contributed by atoms with Crippen LogP contribution in [-0.2, 0) is 0 Å². The van der Waals surface area contributed by atoms with Gasteiger partial charge in [-0.2, -0.15) is 5.26 Å². The predicted molar refractivity (Wildman–Crippen MR) is 76.1 cm³/mol. The largest absolute Gasteiger partial charge is 0.508 e. The van der Waals surface area contributed by atoms with E-state index < -0.39 is 6.04 Å². The van der Waals surface area contributed by atoms with Crippen LogP contribution in [0.3, 0.4) is 0 Å². The summed E-state index contributed by atoms with van der Waals surface area (Å²) in [5.41, 5.74) is 0.600. The van der Waals surface area contributed by atoms with Crippen molar-refractivity contribution >= 4 is 11.6 Å². The molecule has 0 spiro atoms. The fourth-order valence-electron chi connectivity index (χ4n) is 2.82. The number of hydrogen-bond donors (Lipinski definition) is 1. The molecule has 1 N–H and O–H groups in total. The summed E-state index contributed by atoms with van der Waals surface area (Å²) >= 11 is 5.97. The van der Waals surface area contributed by atoms with Crippen LogP contribution in [0.5, 0.6) is 5.75 Å². The van der Waals surface area contributed by atoms with Gasteiger partial charge in [0.15, 0.2) is 0 Å². The Bertz CT molecular complexity index is 478. The van der Waals surface area contributed by atoms with Crippen molar-refractivity contribution in [2.45, 2.75) is 44.2 Å². The number of phenolic OH excluding ortho intramolecular Hbond substituents is 1. The van der Waals surface area contributed by atoms with Crippen LogP contribution in [0, 0.1) is 11.3 Å². The molecule has 1 atom stereocenters. The Morgan fingerprint density at radius 3 is 2.68 bits per heavy atom. The highest BCUT2D eigenvalue weighted by molar-refractivity contribution is 6.30. The number of hydrogen-bond acceptors (Lipinski definition) is 3. The summed E-state index contributed by atoms with van der Waals surface area (Å²) < 4.78 is 0. The van der Waals surface area contributed by atoms with E-state index in [1.807, 2.05) is 7.05 Å². The molecule has 0 amide bonds. The molecule has 1 aliphatic rings. The van der Waals surface area contributed by atoms with E-state index in [0.29, 0.717) is 16.6 Å². The van der Waals surface area contributed by atoms with Gasteiger partial charge in [-0.3, -0.25) is 4.90 Å². The second-order valence-corrected chi connectivity index (χ2v) is 5.63. The quantitative estimate of drug-likeness (QED) is 0.913. The van der Waals surface area contributed by atoms with E-state index in [2.05, 4.69) is 11.0 Å². The molecule has 1 unspecified atom stereocenters. The predicted octanol–water partition coefficient (Wildman–Crippen LogP) is 3.87. The number of benzene rings is 1. The first-order chi connectivity index (χ1) is 9.13. The zero-order chi connectivity index (χ0) is 13.8. The van der Waals surface area contributed by atoms with Gasteiger partial charge in [-0.05, 0) is 38.1 Å². The summed E-state index contributed by atoms with van der Waals surface area (Å²) in [6.07, 6.45) is 5.96. The van der Waals surface area contributed by atoms with Gasteiger partial charge in [0, 0.05) is 16.6 Å². The lowest BCUT2D eigenvalue weighted by Gasteiger charge is -2.34. The number of halogens is 1. The van der Waals surface area contributed by atoms with Gasteiger partial charge >= 0.3 is 0 Å². The first-order valence-corrected chi connectivity index (χ1v) is 7.11. The second kappa shape index (κ2) is 6.27. The highest BCUT2D eigenvalue weighted by Gasteiger charge is 2.27. The third-order valence-electron chi connectivity index (χ3n) is 3.96. The van der Waals surface area contributed by atoms with E-state index in [0.717, 1.165) is 12.8 Å². The molecule has 1 aliphatic carbocycles. The molecule has 1 saturated carbocycles. The summed E-state index contributed by atoms with van der Waals surface area (Å²) in [6, 6.07) is 7.13. The molecule has 1 aromatic carbocycles. The zero-order valence-corrected chi connectivity index (χ0v) is 11.9. The van der Waals surface area contributed by atoms with Crippen LogP contribution in [0.1, 0.15) is 43.7 Å². The number of phenols is 1. The fourth-order valence-corrected chi connectivity index (χ4v) is 3.00. The molecule has 1 fully saturated rings. The van der Waals surface area contributed by atoms with Crippen molar-refractivity contribution in [3.63, 3.8) is 0 Å². The van der Waals surface area contributed by atoms with Gasteiger partial charge in [-0.15, -0.1) is 0 Å². The maximum absolute atomic E-state index is 9.95. The topological polar surface area (TPSA) is 47.3 Å². The highest BCUT2D eigenvalue weighted by Crippen LogP contribution is 2.33. The number of nitriles is 1. The molecule has 0 aliphatic heterocycles. The third-order valence-corrected chi connectivity index (χ3v) is 4.20. The lowest BCUT2D eigenvalue weighted by Crippen LogP contribution is -2.36. The maximum atomic E-state index is 9.95. The molecule has 0 radical (unpaired) electrons. The summed E-state index contributed by atoms with van der Waals surface area (Å²) in [6.45, 7) is 0. The lowest BCUT2D eigenvalue weighted by atomic mass is 9.92. The van der Waals surface area contributed by atoms with Crippen LogP contribution in [0.15, 0.2) is 18.2 Å². The van der Waals surface area contributed by atoms with Gasteiger partial charge in [0.2, 0.25) is 0 Å². The molecule has 0 saturated heterocycles. The number of rotatable bonds is 3. The smallest absolute Gasteiger partial charge is 0.127 e. The molecule has 1 aromatic rings. The Morgan fingerprint density at radius 2 is 2.05 bits per heavy atom. The molecule has 102 valence electrons. The van der Waals surface area contributed by atoms with Crippen molar-refractivity contribution in [1.82, 2.24) is 4.90 Å². The standard InChI is InChI=1S/C15H19ClN2O/c1-18(12-5-3-2-4-6-12)14(10-17)13-9-11(16)7-8-15(13)19/h7-9,12,14,19H,2-6H2,1H3. The van der Waals surface area contributed by atoms with Crippen LogP contribution in [-0.4, -0.2) is 23.1 Å². The van der Waals surface area contributed by atoms with Crippen LogP contribution in [0.2, 0.25) is 5.02 Å². The summed E-state index contributed by atoms with van der Waals surface area (Å²) in [4.78, 5) is 2.07. The molecule has 2 rings (SSSR count). The Labute approximate surface area is 119 Å². The van der Waals surface area contributed by atoms with E-state index in [9.17, 15) is 10.4 Å².